The molecule has 2 N–H and O–H groups in total. The molecule has 1 atom stereocenters. The minimum absolute atomic E-state index is 0.0183. The zero-order chi connectivity index (χ0) is 26.7. The SMILES string of the molecule is CN(CCc1cccc(C(F)(F)F)c1)Cc1cccc(NC2=CC(=O)N(C3CCC(=O)NC3=O)C2=O)c1. The van der Waals surface area contributed by atoms with Crippen LogP contribution in [0.3, 0.4) is 0 Å². The fourth-order valence-electron chi connectivity index (χ4n) is 4.31. The normalized spacial score (nSPS) is 18.4. The zero-order valence-electron chi connectivity index (χ0n) is 20.0. The maximum Gasteiger partial charge on any atom is 0.416 e. The van der Waals surface area contributed by atoms with Gasteiger partial charge in [0.05, 0.1) is 5.56 Å². The summed E-state index contributed by atoms with van der Waals surface area (Å²) in [4.78, 5) is 51.6. The van der Waals surface area contributed by atoms with Crippen LogP contribution in [0.2, 0.25) is 0 Å². The fraction of sp³-hybridized carbons (Fsp3) is 0.308. The predicted octanol–water partition coefficient (Wildman–Crippen LogP) is 2.85. The van der Waals surface area contributed by atoms with Gasteiger partial charge in [-0.3, -0.25) is 29.4 Å². The number of amides is 4. The van der Waals surface area contributed by atoms with Crippen LogP contribution in [-0.4, -0.2) is 53.1 Å². The third-order valence-corrected chi connectivity index (χ3v) is 6.17. The summed E-state index contributed by atoms with van der Waals surface area (Å²) in [5.41, 5.74) is 1.38. The molecular formula is C26H25F3N4O4. The Morgan fingerprint density at radius 2 is 1.78 bits per heavy atom. The number of alkyl halides is 3. The van der Waals surface area contributed by atoms with E-state index in [1.54, 1.807) is 24.3 Å². The van der Waals surface area contributed by atoms with Crippen LogP contribution in [0.5, 0.6) is 0 Å². The molecule has 37 heavy (non-hydrogen) atoms. The monoisotopic (exact) mass is 514 g/mol. The number of nitrogens with zero attached hydrogens (tertiary/aromatic N) is 2. The number of likely N-dealkylation sites (N-methyl/N-ethyl adjacent to an activating group) is 1. The summed E-state index contributed by atoms with van der Waals surface area (Å²) in [6.07, 6.45) is -2.70. The van der Waals surface area contributed by atoms with Crippen molar-refractivity contribution in [3.05, 3.63) is 77.0 Å². The third-order valence-electron chi connectivity index (χ3n) is 6.17. The molecule has 2 aliphatic rings. The number of nitrogens with one attached hydrogen (secondary N) is 2. The Kier molecular flexibility index (Phi) is 7.44. The van der Waals surface area contributed by atoms with Crippen molar-refractivity contribution in [2.75, 3.05) is 18.9 Å². The summed E-state index contributed by atoms with van der Waals surface area (Å²) in [5, 5.41) is 5.08. The largest absolute Gasteiger partial charge is 0.416 e. The minimum atomic E-state index is -4.38. The molecule has 4 amide bonds. The van der Waals surface area contributed by atoms with E-state index in [0.717, 1.165) is 28.7 Å². The highest BCUT2D eigenvalue weighted by Crippen LogP contribution is 2.29. The van der Waals surface area contributed by atoms with Crippen LogP contribution in [0.1, 0.15) is 29.5 Å². The summed E-state index contributed by atoms with van der Waals surface area (Å²) >= 11 is 0. The molecule has 2 aromatic carbocycles. The first-order valence-corrected chi connectivity index (χ1v) is 11.6. The van der Waals surface area contributed by atoms with E-state index >= 15 is 0 Å². The molecule has 4 rings (SSSR count). The molecule has 0 aromatic heterocycles. The number of hydrogen-bond donors (Lipinski definition) is 2. The highest BCUT2D eigenvalue weighted by Gasteiger charge is 2.42. The number of benzene rings is 2. The van der Waals surface area contributed by atoms with E-state index in [1.807, 2.05) is 18.0 Å². The van der Waals surface area contributed by atoms with E-state index in [0.29, 0.717) is 30.8 Å². The highest BCUT2D eigenvalue weighted by molar-refractivity contribution is 6.20. The number of carbonyl (C=O) groups is 4. The summed E-state index contributed by atoms with van der Waals surface area (Å²) in [7, 11) is 1.85. The summed E-state index contributed by atoms with van der Waals surface area (Å²) < 4.78 is 38.8. The molecule has 1 saturated heterocycles. The Hall–Kier alpha value is -3.99. The topological polar surface area (TPSA) is 98.8 Å². The number of carbonyl (C=O) groups excluding carboxylic acids is 4. The van der Waals surface area contributed by atoms with E-state index in [1.165, 1.54) is 6.07 Å². The van der Waals surface area contributed by atoms with Gasteiger partial charge in [-0.15, -0.1) is 0 Å². The van der Waals surface area contributed by atoms with Gasteiger partial charge in [-0.05, 0) is 49.2 Å². The van der Waals surface area contributed by atoms with Gasteiger partial charge < -0.3 is 10.2 Å². The molecule has 0 spiro atoms. The second kappa shape index (κ2) is 10.6. The lowest BCUT2D eigenvalue weighted by Gasteiger charge is -2.28. The van der Waals surface area contributed by atoms with Crippen LogP contribution in [0.15, 0.2) is 60.3 Å². The zero-order valence-corrected chi connectivity index (χ0v) is 20.0. The van der Waals surface area contributed by atoms with Gasteiger partial charge in [-0.1, -0.05) is 30.3 Å². The lowest BCUT2D eigenvalue weighted by molar-refractivity contribution is -0.149. The number of hydrogen-bond acceptors (Lipinski definition) is 6. The maximum absolute atomic E-state index is 12.9. The Bertz CT molecular complexity index is 1270. The Labute approximate surface area is 211 Å². The number of imide groups is 2. The number of anilines is 1. The van der Waals surface area contributed by atoms with Gasteiger partial charge in [0.2, 0.25) is 11.8 Å². The lowest BCUT2D eigenvalue weighted by Crippen LogP contribution is -2.54. The van der Waals surface area contributed by atoms with Crippen molar-refractivity contribution in [3.8, 4) is 0 Å². The first kappa shape index (κ1) is 26.1. The number of halogens is 3. The van der Waals surface area contributed by atoms with E-state index in [-0.39, 0.29) is 18.5 Å². The van der Waals surface area contributed by atoms with Crippen LogP contribution in [0.4, 0.5) is 18.9 Å². The van der Waals surface area contributed by atoms with Gasteiger partial charge in [0.25, 0.3) is 11.8 Å². The summed E-state index contributed by atoms with van der Waals surface area (Å²) in [5.74, 6) is -2.40. The fourth-order valence-corrected chi connectivity index (χ4v) is 4.31. The Morgan fingerprint density at radius 1 is 1.05 bits per heavy atom. The van der Waals surface area contributed by atoms with Gasteiger partial charge >= 0.3 is 6.18 Å². The van der Waals surface area contributed by atoms with Crippen molar-refractivity contribution >= 4 is 29.3 Å². The van der Waals surface area contributed by atoms with Gasteiger partial charge in [0.1, 0.15) is 11.7 Å². The highest BCUT2D eigenvalue weighted by atomic mass is 19.4. The second-order valence-corrected chi connectivity index (χ2v) is 9.05. The Balaban J connectivity index is 1.35. The first-order valence-electron chi connectivity index (χ1n) is 11.6. The number of rotatable bonds is 8. The van der Waals surface area contributed by atoms with Gasteiger partial charge in [-0.2, -0.15) is 13.2 Å². The van der Waals surface area contributed by atoms with Crippen molar-refractivity contribution in [3.63, 3.8) is 0 Å². The minimum Gasteiger partial charge on any atom is -0.351 e. The predicted molar refractivity (Wildman–Crippen MR) is 128 cm³/mol. The third kappa shape index (κ3) is 6.23. The molecule has 2 aliphatic heterocycles. The van der Waals surface area contributed by atoms with E-state index in [4.69, 9.17) is 0 Å². The molecule has 0 radical (unpaired) electrons. The van der Waals surface area contributed by atoms with Crippen molar-refractivity contribution in [1.82, 2.24) is 15.1 Å². The van der Waals surface area contributed by atoms with Crippen LogP contribution < -0.4 is 10.6 Å². The lowest BCUT2D eigenvalue weighted by atomic mass is 10.0. The van der Waals surface area contributed by atoms with Crippen LogP contribution >= 0.6 is 0 Å². The standard InChI is InChI=1S/C26H25F3N4O4/c1-32(11-10-16-4-2-6-18(12-16)26(27,28)29)15-17-5-3-7-19(13-17)30-20-14-23(35)33(25(20)37)21-8-9-22(34)31-24(21)36/h2-7,12-14,21,30H,8-11,15H2,1H3,(H,31,34,36). The van der Waals surface area contributed by atoms with Crippen molar-refractivity contribution in [2.45, 2.75) is 38.0 Å². The number of piperidine rings is 1. The molecule has 11 heteroatoms. The molecule has 2 aromatic rings. The molecular weight excluding hydrogens is 489 g/mol. The molecule has 194 valence electrons. The molecule has 1 unspecified atom stereocenters. The van der Waals surface area contributed by atoms with E-state index in [2.05, 4.69) is 10.6 Å². The van der Waals surface area contributed by atoms with Gasteiger partial charge in [-0.25, -0.2) is 0 Å². The van der Waals surface area contributed by atoms with Crippen molar-refractivity contribution in [2.24, 2.45) is 0 Å². The van der Waals surface area contributed by atoms with Crippen molar-refractivity contribution in [1.29, 1.82) is 0 Å². The molecule has 0 bridgehead atoms. The average molecular weight is 515 g/mol. The van der Waals surface area contributed by atoms with Gasteiger partial charge in [0, 0.05) is 31.3 Å². The van der Waals surface area contributed by atoms with E-state index in [9.17, 15) is 32.3 Å². The first-order chi connectivity index (χ1) is 17.5. The van der Waals surface area contributed by atoms with Crippen LogP contribution in [0, 0.1) is 0 Å². The average Bonchev–Trinajstić information content (AvgIpc) is 3.10. The quantitative estimate of drug-likeness (QED) is 0.526. The molecule has 2 heterocycles. The molecule has 8 nitrogen and oxygen atoms in total. The molecule has 0 aliphatic carbocycles. The summed E-state index contributed by atoms with van der Waals surface area (Å²) in [6, 6.07) is 11.4. The Morgan fingerprint density at radius 3 is 2.51 bits per heavy atom. The smallest absolute Gasteiger partial charge is 0.351 e. The molecule has 1 fully saturated rings. The maximum atomic E-state index is 12.9. The second-order valence-electron chi connectivity index (χ2n) is 9.05. The van der Waals surface area contributed by atoms with Crippen molar-refractivity contribution < 1.29 is 32.3 Å². The van der Waals surface area contributed by atoms with E-state index < -0.39 is 41.4 Å². The van der Waals surface area contributed by atoms with Crippen LogP contribution in [-0.2, 0) is 38.3 Å². The van der Waals surface area contributed by atoms with Crippen LogP contribution in [0.25, 0.3) is 0 Å². The van der Waals surface area contributed by atoms with Gasteiger partial charge in [0.15, 0.2) is 0 Å². The molecule has 0 saturated carbocycles. The summed E-state index contributed by atoms with van der Waals surface area (Å²) in [6.45, 7) is 1.03.